The Hall–Kier alpha value is -2.86. The summed E-state index contributed by atoms with van der Waals surface area (Å²) in [4.78, 5) is 18.4. The Morgan fingerprint density at radius 1 is 1.06 bits per heavy atom. The number of benzene rings is 2. The molecular formula is C25H36N4O2. The summed E-state index contributed by atoms with van der Waals surface area (Å²) >= 11 is 0. The fourth-order valence-electron chi connectivity index (χ4n) is 3.04. The van der Waals surface area contributed by atoms with Crippen molar-refractivity contribution >= 4 is 11.9 Å². The summed E-state index contributed by atoms with van der Waals surface area (Å²) in [5.41, 5.74) is 3.02. The van der Waals surface area contributed by atoms with Crippen LogP contribution in [0, 0.1) is 5.92 Å². The van der Waals surface area contributed by atoms with E-state index in [1.54, 1.807) is 19.0 Å². The van der Waals surface area contributed by atoms with Crippen molar-refractivity contribution in [1.82, 2.24) is 15.5 Å². The molecule has 6 heteroatoms. The zero-order chi connectivity index (χ0) is 22.5. The molecule has 6 nitrogen and oxygen atoms in total. The Bertz CT molecular complexity index is 821. The maximum Gasteiger partial charge on any atom is 0.253 e. The monoisotopic (exact) mass is 424 g/mol. The van der Waals surface area contributed by atoms with Gasteiger partial charge in [0.05, 0.1) is 13.2 Å². The maximum atomic E-state index is 12.1. The largest absolute Gasteiger partial charge is 0.376 e. The number of ether oxygens (including phenoxy) is 1. The second-order valence-corrected chi connectivity index (χ2v) is 7.90. The van der Waals surface area contributed by atoms with Crippen molar-refractivity contribution in [2.24, 2.45) is 10.9 Å². The zero-order valence-corrected chi connectivity index (χ0v) is 19.2. The first-order valence-corrected chi connectivity index (χ1v) is 10.9. The molecule has 0 fully saturated rings. The molecule has 0 saturated heterocycles. The molecule has 2 aromatic carbocycles. The van der Waals surface area contributed by atoms with E-state index in [-0.39, 0.29) is 5.91 Å². The van der Waals surface area contributed by atoms with Crippen LogP contribution in [0.25, 0.3) is 0 Å². The molecule has 0 bridgehead atoms. The molecule has 0 aliphatic rings. The average Bonchev–Trinajstić information content (AvgIpc) is 2.78. The van der Waals surface area contributed by atoms with Gasteiger partial charge in [0.1, 0.15) is 0 Å². The Morgan fingerprint density at radius 3 is 2.52 bits per heavy atom. The smallest absolute Gasteiger partial charge is 0.253 e. The lowest BCUT2D eigenvalue weighted by Gasteiger charge is -2.14. The number of guanidine groups is 1. The van der Waals surface area contributed by atoms with Crippen LogP contribution in [0.3, 0.4) is 0 Å². The Kier molecular flexibility index (Phi) is 10.6. The van der Waals surface area contributed by atoms with Crippen molar-refractivity contribution in [3.8, 4) is 0 Å². The number of hydrogen-bond donors (Lipinski definition) is 2. The predicted octanol–water partition coefficient (Wildman–Crippen LogP) is 3.34. The minimum absolute atomic E-state index is 0.0215. The highest BCUT2D eigenvalue weighted by Gasteiger charge is 2.08. The summed E-state index contributed by atoms with van der Waals surface area (Å²) in [6.45, 7) is 7.73. The maximum absolute atomic E-state index is 12.1. The molecule has 2 N–H and O–H groups in total. The van der Waals surface area contributed by atoms with Gasteiger partial charge < -0.3 is 20.3 Å². The molecular weight excluding hydrogens is 388 g/mol. The molecule has 31 heavy (non-hydrogen) atoms. The molecule has 2 aromatic rings. The van der Waals surface area contributed by atoms with Crippen LogP contribution in [-0.2, 0) is 17.8 Å². The molecule has 0 radical (unpaired) electrons. The van der Waals surface area contributed by atoms with Gasteiger partial charge in [-0.05, 0) is 42.5 Å². The van der Waals surface area contributed by atoms with Gasteiger partial charge >= 0.3 is 0 Å². The lowest BCUT2D eigenvalue weighted by atomic mass is 10.1. The van der Waals surface area contributed by atoms with E-state index in [0.29, 0.717) is 31.2 Å². The number of carbonyl (C=O) groups is 1. The molecule has 2 rings (SSSR count). The molecule has 0 spiro atoms. The Morgan fingerprint density at radius 2 is 1.81 bits per heavy atom. The van der Waals surface area contributed by atoms with Crippen LogP contribution >= 0.6 is 0 Å². The zero-order valence-electron chi connectivity index (χ0n) is 19.2. The summed E-state index contributed by atoms with van der Waals surface area (Å²) < 4.78 is 5.82. The van der Waals surface area contributed by atoms with E-state index in [2.05, 4.69) is 36.6 Å². The normalized spacial score (nSPS) is 12.3. The first-order valence-electron chi connectivity index (χ1n) is 10.9. The van der Waals surface area contributed by atoms with E-state index in [0.717, 1.165) is 31.0 Å². The number of carbonyl (C=O) groups excluding carboxylic acids is 1. The van der Waals surface area contributed by atoms with Gasteiger partial charge in [0.2, 0.25) is 0 Å². The van der Waals surface area contributed by atoms with Crippen LogP contribution in [-0.4, -0.2) is 57.1 Å². The molecule has 168 valence electrons. The molecule has 1 atom stereocenters. The van der Waals surface area contributed by atoms with Crippen molar-refractivity contribution < 1.29 is 9.53 Å². The third-order valence-electron chi connectivity index (χ3n) is 4.71. The van der Waals surface area contributed by atoms with Gasteiger partial charge in [0.25, 0.3) is 5.91 Å². The Labute approximate surface area is 186 Å². The van der Waals surface area contributed by atoms with Crippen LogP contribution < -0.4 is 10.6 Å². The lowest BCUT2D eigenvalue weighted by molar-refractivity contribution is 0.0827. The minimum Gasteiger partial charge on any atom is -0.376 e. The summed E-state index contributed by atoms with van der Waals surface area (Å²) in [5, 5.41) is 6.67. The highest BCUT2D eigenvalue weighted by Crippen LogP contribution is 2.08. The lowest BCUT2D eigenvalue weighted by Crippen LogP contribution is -2.38. The highest BCUT2D eigenvalue weighted by molar-refractivity contribution is 5.94. The van der Waals surface area contributed by atoms with Crippen LogP contribution in [0.4, 0.5) is 0 Å². The van der Waals surface area contributed by atoms with Crippen LogP contribution in [0.5, 0.6) is 0 Å². The van der Waals surface area contributed by atoms with Gasteiger partial charge in [-0.3, -0.25) is 9.79 Å². The highest BCUT2D eigenvalue weighted by atomic mass is 16.5. The fraction of sp³-hybridized carbons (Fsp3) is 0.440. The average molecular weight is 425 g/mol. The topological polar surface area (TPSA) is 66.0 Å². The molecule has 0 heterocycles. The van der Waals surface area contributed by atoms with Gasteiger partial charge in [-0.25, -0.2) is 0 Å². The fourth-order valence-corrected chi connectivity index (χ4v) is 3.04. The van der Waals surface area contributed by atoms with E-state index in [1.807, 2.05) is 42.5 Å². The SMILES string of the molecule is CCNC(=NCC(C)COCc1ccccc1)NCCc1cccc(C(=O)N(C)C)c1. The first-order chi connectivity index (χ1) is 15.0. The van der Waals surface area contributed by atoms with Crippen LogP contribution in [0.2, 0.25) is 0 Å². The van der Waals surface area contributed by atoms with Crippen molar-refractivity contribution in [1.29, 1.82) is 0 Å². The molecule has 0 aliphatic heterocycles. The summed E-state index contributed by atoms with van der Waals surface area (Å²) in [6.07, 6.45) is 0.814. The third kappa shape index (κ3) is 9.22. The van der Waals surface area contributed by atoms with E-state index in [4.69, 9.17) is 9.73 Å². The quantitative estimate of drug-likeness (QED) is 0.429. The van der Waals surface area contributed by atoms with Crippen LogP contribution in [0.15, 0.2) is 59.6 Å². The number of amides is 1. The number of hydrogen-bond acceptors (Lipinski definition) is 3. The van der Waals surface area contributed by atoms with Gasteiger partial charge in [0, 0.05) is 39.3 Å². The first kappa shape index (κ1) is 24.4. The van der Waals surface area contributed by atoms with E-state index in [9.17, 15) is 4.79 Å². The molecule has 0 aliphatic carbocycles. The van der Waals surface area contributed by atoms with Crippen molar-refractivity contribution in [3.63, 3.8) is 0 Å². The molecule has 0 saturated carbocycles. The number of aliphatic imine (C=N–C) groups is 1. The number of nitrogens with zero attached hydrogens (tertiary/aromatic N) is 2. The summed E-state index contributed by atoms with van der Waals surface area (Å²) in [7, 11) is 3.53. The molecule has 0 aromatic heterocycles. The van der Waals surface area contributed by atoms with Crippen LogP contribution in [0.1, 0.15) is 35.3 Å². The van der Waals surface area contributed by atoms with E-state index in [1.165, 1.54) is 5.56 Å². The summed E-state index contributed by atoms with van der Waals surface area (Å²) in [5.74, 6) is 1.15. The van der Waals surface area contributed by atoms with Gasteiger partial charge in [-0.15, -0.1) is 0 Å². The van der Waals surface area contributed by atoms with Gasteiger partial charge in [-0.2, -0.15) is 0 Å². The van der Waals surface area contributed by atoms with Crippen molar-refractivity contribution in [2.75, 3.05) is 40.3 Å². The second-order valence-electron chi connectivity index (χ2n) is 7.90. The third-order valence-corrected chi connectivity index (χ3v) is 4.71. The van der Waals surface area contributed by atoms with Gasteiger partial charge in [0.15, 0.2) is 5.96 Å². The number of rotatable bonds is 11. The predicted molar refractivity (Wildman–Crippen MR) is 127 cm³/mol. The van der Waals surface area contributed by atoms with Crippen molar-refractivity contribution in [2.45, 2.75) is 26.9 Å². The van der Waals surface area contributed by atoms with E-state index >= 15 is 0 Å². The van der Waals surface area contributed by atoms with Crippen molar-refractivity contribution in [3.05, 3.63) is 71.3 Å². The Balaban J connectivity index is 1.77. The minimum atomic E-state index is 0.0215. The van der Waals surface area contributed by atoms with E-state index < -0.39 is 0 Å². The standard InChI is InChI=1S/C25H36N4O2/c1-5-26-25(28-17-20(2)18-31-19-22-10-7-6-8-11-22)27-15-14-21-12-9-13-23(16-21)24(30)29(3)4/h6-13,16,20H,5,14-15,17-19H2,1-4H3,(H2,26,27,28). The number of nitrogens with one attached hydrogen (secondary N) is 2. The second kappa shape index (κ2) is 13.4. The van der Waals surface area contributed by atoms with Gasteiger partial charge in [-0.1, -0.05) is 49.4 Å². The summed E-state index contributed by atoms with van der Waals surface area (Å²) in [6, 6.07) is 18.0. The molecule has 1 amide bonds. The molecule has 1 unspecified atom stereocenters.